The Bertz CT molecular complexity index is 1560. The van der Waals surface area contributed by atoms with Crippen molar-refractivity contribution in [1.82, 2.24) is 4.90 Å². The van der Waals surface area contributed by atoms with E-state index < -0.39 is 5.92 Å². The minimum atomic E-state index is -0.497. The van der Waals surface area contributed by atoms with Gasteiger partial charge in [-0.3, -0.25) is 14.4 Å². The van der Waals surface area contributed by atoms with Gasteiger partial charge in [0.15, 0.2) is 29.7 Å². The standard InChI is InChI=1S/C33H35Cl2IN2O5/c1-32(2)12-22-29(24(39)14-32)28(30-23(38(22)5)13-33(3,4)15-25(30)40)17-9-21(36)31(26(10-17)42-6)43-16-27(41)37-18-7-8-19(34)20(35)11-18/h7-11,28H,12-16H2,1-6H3,(H,37,41). The molecule has 0 atom stereocenters. The monoisotopic (exact) mass is 736 g/mol. The number of Topliss-reactive ketones (excluding diaryl/α,β-unsaturated/α-hetero) is 2. The van der Waals surface area contributed by atoms with Crippen LogP contribution in [0, 0.1) is 14.4 Å². The number of carbonyl (C=O) groups is 3. The van der Waals surface area contributed by atoms with E-state index in [0.717, 1.165) is 29.8 Å². The van der Waals surface area contributed by atoms with E-state index in [-0.39, 0.29) is 34.9 Å². The third kappa shape index (κ3) is 6.33. The Balaban J connectivity index is 1.52. The highest BCUT2D eigenvalue weighted by Crippen LogP contribution is 2.54. The predicted octanol–water partition coefficient (Wildman–Crippen LogP) is 7.94. The first-order valence-electron chi connectivity index (χ1n) is 14.1. The summed E-state index contributed by atoms with van der Waals surface area (Å²) in [5, 5.41) is 3.47. The Hall–Kier alpha value is -2.56. The largest absolute Gasteiger partial charge is 0.493 e. The van der Waals surface area contributed by atoms with Crippen LogP contribution in [0.3, 0.4) is 0 Å². The SMILES string of the molecule is COc1cc(C2C3=C(CC(C)(C)CC3=O)N(C)C3=C2C(=O)CC(C)(C)C3)cc(I)c1OCC(=O)Nc1ccc(Cl)c(Cl)c1. The summed E-state index contributed by atoms with van der Waals surface area (Å²) in [4.78, 5) is 42.4. The Morgan fingerprint density at radius 3 is 2.07 bits per heavy atom. The molecule has 0 saturated carbocycles. The average molecular weight is 737 g/mol. The average Bonchev–Trinajstić information content (AvgIpc) is 2.89. The molecule has 5 rings (SSSR count). The number of benzene rings is 2. The molecule has 0 spiro atoms. The van der Waals surface area contributed by atoms with Crippen LogP contribution in [0.15, 0.2) is 52.9 Å². The van der Waals surface area contributed by atoms with E-state index in [0.29, 0.717) is 54.8 Å². The van der Waals surface area contributed by atoms with Crippen molar-refractivity contribution in [3.05, 3.63) is 72.1 Å². The molecule has 0 bridgehead atoms. The minimum absolute atomic E-state index is 0.0700. The van der Waals surface area contributed by atoms with E-state index in [9.17, 15) is 14.4 Å². The summed E-state index contributed by atoms with van der Waals surface area (Å²) >= 11 is 14.2. The molecule has 0 aromatic heterocycles. The molecule has 1 amide bonds. The quantitative estimate of drug-likeness (QED) is 0.303. The fraction of sp³-hybridized carbons (Fsp3) is 0.424. The fourth-order valence-corrected chi connectivity index (χ4v) is 7.53. The summed E-state index contributed by atoms with van der Waals surface area (Å²) in [7, 11) is 3.53. The summed E-state index contributed by atoms with van der Waals surface area (Å²) in [6, 6.07) is 8.59. The summed E-state index contributed by atoms with van der Waals surface area (Å²) in [6.45, 7) is 8.20. The second kappa shape index (κ2) is 11.7. The van der Waals surface area contributed by atoms with Gasteiger partial charge >= 0.3 is 0 Å². The number of anilines is 1. The first-order chi connectivity index (χ1) is 20.1. The molecule has 10 heteroatoms. The fourth-order valence-electron chi connectivity index (χ4n) is 6.45. The van der Waals surface area contributed by atoms with Crippen molar-refractivity contribution < 1.29 is 23.9 Å². The lowest BCUT2D eigenvalue weighted by Crippen LogP contribution is -2.43. The van der Waals surface area contributed by atoms with Gasteiger partial charge in [-0.15, -0.1) is 0 Å². The highest BCUT2D eigenvalue weighted by molar-refractivity contribution is 14.1. The molecule has 2 aromatic carbocycles. The second-order valence-electron chi connectivity index (χ2n) is 13.1. The third-order valence-electron chi connectivity index (χ3n) is 8.32. The van der Waals surface area contributed by atoms with Gasteiger partial charge in [0, 0.05) is 54.0 Å². The third-order valence-corrected chi connectivity index (χ3v) is 9.86. The number of halogens is 3. The summed E-state index contributed by atoms with van der Waals surface area (Å²) in [6.07, 6.45) is 2.33. The molecule has 1 N–H and O–H groups in total. The molecule has 0 radical (unpaired) electrons. The van der Waals surface area contributed by atoms with Crippen LogP contribution in [0.4, 0.5) is 5.69 Å². The minimum Gasteiger partial charge on any atom is -0.493 e. The molecule has 2 aliphatic carbocycles. The Labute approximate surface area is 276 Å². The van der Waals surface area contributed by atoms with Crippen molar-refractivity contribution in [3.63, 3.8) is 0 Å². The lowest BCUT2D eigenvalue weighted by Gasteiger charge is -2.48. The van der Waals surface area contributed by atoms with E-state index in [2.05, 4.69) is 60.5 Å². The van der Waals surface area contributed by atoms with Gasteiger partial charge in [0.1, 0.15) is 0 Å². The molecule has 43 heavy (non-hydrogen) atoms. The smallest absolute Gasteiger partial charge is 0.262 e. The van der Waals surface area contributed by atoms with Gasteiger partial charge in [-0.1, -0.05) is 50.9 Å². The molecule has 1 heterocycles. The van der Waals surface area contributed by atoms with Gasteiger partial charge in [0.05, 0.1) is 20.7 Å². The number of nitrogens with one attached hydrogen (secondary N) is 1. The van der Waals surface area contributed by atoms with Crippen molar-refractivity contribution in [2.24, 2.45) is 10.8 Å². The molecule has 7 nitrogen and oxygen atoms in total. The van der Waals surface area contributed by atoms with E-state index in [4.69, 9.17) is 32.7 Å². The molecule has 2 aromatic rings. The first kappa shape index (κ1) is 31.9. The highest BCUT2D eigenvalue weighted by atomic mass is 127. The summed E-state index contributed by atoms with van der Waals surface area (Å²) in [5.41, 5.74) is 4.31. The van der Waals surface area contributed by atoms with Crippen molar-refractivity contribution >= 4 is 69.0 Å². The number of allylic oxidation sites excluding steroid dienone is 4. The van der Waals surface area contributed by atoms with E-state index in [1.165, 1.54) is 7.11 Å². The van der Waals surface area contributed by atoms with Gasteiger partial charge in [-0.2, -0.15) is 0 Å². The second-order valence-corrected chi connectivity index (χ2v) is 15.1. The Morgan fingerprint density at radius 2 is 1.53 bits per heavy atom. The lowest BCUT2D eigenvalue weighted by molar-refractivity contribution is -0.120. The lowest BCUT2D eigenvalue weighted by atomic mass is 9.64. The number of hydrogen-bond acceptors (Lipinski definition) is 6. The van der Waals surface area contributed by atoms with Crippen LogP contribution < -0.4 is 14.8 Å². The molecule has 228 valence electrons. The maximum Gasteiger partial charge on any atom is 0.262 e. The zero-order valence-electron chi connectivity index (χ0n) is 25.1. The van der Waals surface area contributed by atoms with Crippen molar-refractivity contribution in [2.75, 3.05) is 26.1 Å². The maximum absolute atomic E-state index is 13.8. The van der Waals surface area contributed by atoms with Crippen LogP contribution in [0.2, 0.25) is 10.0 Å². The zero-order valence-corrected chi connectivity index (χ0v) is 28.8. The number of rotatable bonds is 6. The predicted molar refractivity (Wildman–Crippen MR) is 177 cm³/mol. The summed E-state index contributed by atoms with van der Waals surface area (Å²) < 4.78 is 12.4. The molecular formula is C33H35Cl2IN2O5. The molecule has 0 unspecified atom stereocenters. The van der Waals surface area contributed by atoms with Crippen LogP contribution in [0.1, 0.15) is 64.9 Å². The maximum atomic E-state index is 13.8. The van der Waals surface area contributed by atoms with Gasteiger partial charge in [-0.05, 0) is 82.2 Å². The van der Waals surface area contributed by atoms with Gasteiger partial charge in [-0.25, -0.2) is 0 Å². The van der Waals surface area contributed by atoms with Gasteiger partial charge in [0.2, 0.25) is 0 Å². The van der Waals surface area contributed by atoms with Gasteiger partial charge < -0.3 is 19.7 Å². The van der Waals surface area contributed by atoms with Crippen molar-refractivity contribution in [1.29, 1.82) is 0 Å². The molecular weight excluding hydrogens is 702 g/mol. The number of methoxy groups -OCH3 is 1. The number of ether oxygens (including phenoxy) is 2. The zero-order chi connectivity index (χ0) is 31.4. The molecule has 0 fully saturated rings. The van der Waals surface area contributed by atoms with Crippen LogP contribution in [0.25, 0.3) is 0 Å². The summed E-state index contributed by atoms with van der Waals surface area (Å²) in [5.74, 6) is 0.0781. The first-order valence-corrected chi connectivity index (χ1v) is 16.0. The van der Waals surface area contributed by atoms with Crippen LogP contribution in [-0.4, -0.2) is 43.1 Å². The number of amides is 1. The normalized spacial score (nSPS) is 19.7. The van der Waals surface area contributed by atoms with Crippen LogP contribution >= 0.6 is 45.8 Å². The molecule has 3 aliphatic rings. The van der Waals surface area contributed by atoms with E-state index in [1.54, 1.807) is 18.2 Å². The van der Waals surface area contributed by atoms with Crippen LogP contribution in [-0.2, 0) is 14.4 Å². The van der Waals surface area contributed by atoms with Crippen molar-refractivity contribution in [2.45, 2.75) is 59.3 Å². The van der Waals surface area contributed by atoms with Gasteiger partial charge in [0.25, 0.3) is 5.91 Å². The number of carbonyl (C=O) groups excluding carboxylic acids is 3. The Morgan fingerprint density at radius 1 is 0.953 bits per heavy atom. The number of nitrogens with zero attached hydrogens (tertiary/aromatic N) is 1. The van der Waals surface area contributed by atoms with Crippen LogP contribution in [0.5, 0.6) is 11.5 Å². The van der Waals surface area contributed by atoms with E-state index >= 15 is 0 Å². The molecule has 0 saturated heterocycles. The number of hydrogen-bond donors (Lipinski definition) is 1. The number of ketones is 2. The Kier molecular flexibility index (Phi) is 8.70. The molecule has 1 aliphatic heterocycles. The van der Waals surface area contributed by atoms with Crippen molar-refractivity contribution in [3.8, 4) is 11.5 Å². The topological polar surface area (TPSA) is 84.9 Å². The highest BCUT2D eigenvalue weighted by Gasteiger charge is 2.48. The van der Waals surface area contributed by atoms with E-state index in [1.807, 2.05) is 19.2 Å².